The summed E-state index contributed by atoms with van der Waals surface area (Å²) in [5.74, 6) is 1.29. The lowest BCUT2D eigenvalue weighted by molar-refractivity contribution is 0.0946. The molecular formula is C23H27N7O3. The van der Waals surface area contributed by atoms with Crippen molar-refractivity contribution >= 4 is 28.3 Å². The van der Waals surface area contributed by atoms with Gasteiger partial charge in [0.2, 0.25) is 0 Å². The minimum Gasteiger partial charge on any atom is -0.454 e. The molecule has 1 N–H and O–H groups in total. The van der Waals surface area contributed by atoms with Crippen LogP contribution in [0.3, 0.4) is 0 Å². The van der Waals surface area contributed by atoms with Gasteiger partial charge in [0.25, 0.3) is 5.91 Å². The second-order valence-electron chi connectivity index (χ2n) is 8.30. The fourth-order valence-electron chi connectivity index (χ4n) is 3.95. The highest BCUT2D eigenvalue weighted by atomic mass is 16.5. The van der Waals surface area contributed by atoms with E-state index in [1.54, 1.807) is 29.0 Å². The Labute approximate surface area is 191 Å². The van der Waals surface area contributed by atoms with Crippen LogP contribution in [0.5, 0.6) is 0 Å². The van der Waals surface area contributed by atoms with Crippen molar-refractivity contribution in [2.75, 3.05) is 58.4 Å². The number of carbonyl (C=O) groups is 1. The molecule has 0 unspecified atom stereocenters. The number of nitrogens with zero attached hydrogens (tertiary/aromatic N) is 6. The number of fused-ring (bicyclic) bond motifs is 2. The summed E-state index contributed by atoms with van der Waals surface area (Å²) in [4.78, 5) is 25.9. The molecule has 10 heteroatoms. The number of carbonyl (C=O) groups excluding carboxylic acids is 1. The molecule has 0 saturated carbocycles. The first kappa shape index (κ1) is 21.4. The molecule has 0 bridgehead atoms. The van der Waals surface area contributed by atoms with E-state index in [9.17, 15) is 4.79 Å². The highest BCUT2D eigenvalue weighted by Gasteiger charge is 2.20. The molecule has 0 radical (unpaired) electrons. The highest BCUT2D eigenvalue weighted by Crippen LogP contribution is 2.33. The van der Waals surface area contributed by atoms with E-state index >= 15 is 0 Å². The van der Waals surface area contributed by atoms with Crippen molar-refractivity contribution in [1.29, 1.82) is 0 Å². The Balaban J connectivity index is 1.44. The van der Waals surface area contributed by atoms with Crippen LogP contribution in [0.1, 0.15) is 16.9 Å². The van der Waals surface area contributed by atoms with E-state index in [1.165, 1.54) is 0 Å². The third-order valence-electron chi connectivity index (χ3n) is 5.65. The van der Waals surface area contributed by atoms with Crippen LogP contribution >= 0.6 is 0 Å². The summed E-state index contributed by atoms with van der Waals surface area (Å²) >= 11 is 0. The molecular weight excluding hydrogens is 422 g/mol. The summed E-state index contributed by atoms with van der Waals surface area (Å²) in [6.07, 6.45) is 4.34. The van der Waals surface area contributed by atoms with Crippen LogP contribution in [-0.2, 0) is 4.74 Å². The van der Waals surface area contributed by atoms with Crippen molar-refractivity contribution in [2.45, 2.75) is 6.42 Å². The van der Waals surface area contributed by atoms with Crippen LogP contribution in [0.25, 0.3) is 28.1 Å². The summed E-state index contributed by atoms with van der Waals surface area (Å²) in [5.41, 5.74) is 2.39. The van der Waals surface area contributed by atoms with E-state index in [-0.39, 0.29) is 5.91 Å². The average Bonchev–Trinajstić information content (AvgIpc) is 3.45. The number of pyridine rings is 1. The van der Waals surface area contributed by atoms with Gasteiger partial charge in [-0.3, -0.25) is 4.79 Å². The number of hydrogen-bond acceptors (Lipinski definition) is 8. The van der Waals surface area contributed by atoms with Crippen molar-refractivity contribution in [1.82, 2.24) is 29.8 Å². The van der Waals surface area contributed by atoms with E-state index in [2.05, 4.69) is 30.2 Å². The zero-order chi connectivity index (χ0) is 22.8. The molecule has 4 aromatic heterocycles. The average molecular weight is 450 g/mol. The van der Waals surface area contributed by atoms with Crippen molar-refractivity contribution in [3.63, 3.8) is 0 Å². The zero-order valence-corrected chi connectivity index (χ0v) is 18.8. The quantitative estimate of drug-likeness (QED) is 0.428. The van der Waals surface area contributed by atoms with Gasteiger partial charge in [0.15, 0.2) is 11.4 Å². The lowest BCUT2D eigenvalue weighted by Crippen LogP contribution is -2.36. The molecule has 1 aliphatic rings. The van der Waals surface area contributed by atoms with Crippen LogP contribution < -0.4 is 10.2 Å². The predicted molar refractivity (Wildman–Crippen MR) is 125 cm³/mol. The molecule has 1 saturated heterocycles. The van der Waals surface area contributed by atoms with Gasteiger partial charge in [-0.25, -0.2) is 14.5 Å². The minimum atomic E-state index is -0.210. The molecule has 0 spiro atoms. The number of amides is 1. The summed E-state index contributed by atoms with van der Waals surface area (Å²) in [6.45, 7) is 4.44. The fourth-order valence-corrected chi connectivity index (χ4v) is 3.95. The molecule has 0 atom stereocenters. The predicted octanol–water partition coefficient (Wildman–Crippen LogP) is 2.06. The molecule has 1 aliphatic heterocycles. The number of furan rings is 1. The van der Waals surface area contributed by atoms with Crippen LogP contribution in [0, 0.1) is 0 Å². The molecule has 1 fully saturated rings. The molecule has 1 amide bonds. The molecule has 10 nitrogen and oxygen atoms in total. The first-order chi connectivity index (χ1) is 16.1. The lowest BCUT2D eigenvalue weighted by Gasteiger charge is -2.28. The number of aromatic nitrogens is 4. The van der Waals surface area contributed by atoms with Crippen molar-refractivity contribution in [3.8, 4) is 11.5 Å². The van der Waals surface area contributed by atoms with E-state index in [4.69, 9.17) is 9.15 Å². The SMILES string of the molecule is CN(C)CCCNC(=O)c1ccc2ncc(-c3cc4c(N5CCOCC5)nccc4o3)n2n1. The van der Waals surface area contributed by atoms with Gasteiger partial charge in [0, 0.05) is 25.8 Å². The Morgan fingerprint density at radius 2 is 2.03 bits per heavy atom. The fraction of sp³-hybridized carbons (Fsp3) is 0.391. The van der Waals surface area contributed by atoms with Crippen molar-refractivity contribution in [3.05, 3.63) is 42.4 Å². The Bertz CT molecular complexity index is 1270. The Morgan fingerprint density at radius 1 is 1.18 bits per heavy atom. The number of ether oxygens (including phenoxy) is 1. The molecule has 4 aromatic rings. The zero-order valence-electron chi connectivity index (χ0n) is 18.8. The van der Waals surface area contributed by atoms with Gasteiger partial charge >= 0.3 is 0 Å². The molecule has 5 rings (SSSR count). The summed E-state index contributed by atoms with van der Waals surface area (Å²) < 4.78 is 13.3. The number of nitrogens with one attached hydrogen (secondary N) is 1. The smallest absolute Gasteiger partial charge is 0.271 e. The van der Waals surface area contributed by atoms with Gasteiger partial charge < -0.3 is 24.3 Å². The first-order valence-corrected chi connectivity index (χ1v) is 11.1. The second-order valence-corrected chi connectivity index (χ2v) is 8.30. The van der Waals surface area contributed by atoms with Gasteiger partial charge in [-0.05, 0) is 51.3 Å². The number of hydrogen-bond donors (Lipinski definition) is 1. The maximum atomic E-state index is 12.6. The maximum absolute atomic E-state index is 12.6. The molecule has 0 aliphatic carbocycles. The molecule has 0 aromatic carbocycles. The van der Waals surface area contributed by atoms with Gasteiger partial charge in [0.1, 0.15) is 22.8 Å². The summed E-state index contributed by atoms with van der Waals surface area (Å²) in [6, 6.07) is 7.29. The van der Waals surface area contributed by atoms with Gasteiger partial charge in [-0.15, -0.1) is 0 Å². The largest absolute Gasteiger partial charge is 0.454 e. The third-order valence-corrected chi connectivity index (χ3v) is 5.65. The first-order valence-electron chi connectivity index (χ1n) is 11.1. The van der Waals surface area contributed by atoms with Crippen LogP contribution in [0.4, 0.5) is 5.82 Å². The Kier molecular flexibility index (Phi) is 5.93. The van der Waals surface area contributed by atoms with Crippen LogP contribution in [-0.4, -0.2) is 83.9 Å². The van der Waals surface area contributed by atoms with E-state index in [1.807, 2.05) is 26.2 Å². The van der Waals surface area contributed by atoms with Gasteiger partial charge in [-0.2, -0.15) is 5.10 Å². The van der Waals surface area contributed by atoms with Gasteiger partial charge in [-0.1, -0.05) is 0 Å². The number of rotatable bonds is 7. The van der Waals surface area contributed by atoms with E-state index in [0.29, 0.717) is 42.6 Å². The topological polar surface area (TPSA) is 101 Å². The highest BCUT2D eigenvalue weighted by molar-refractivity contribution is 5.93. The minimum absolute atomic E-state index is 0.210. The van der Waals surface area contributed by atoms with Gasteiger partial charge in [0.05, 0.1) is 24.8 Å². The van der Waals surface area contributed by atoms with Crippen LogP contribution in [0.15, 0.2) is 41.1 Å². The molecule has 5 heterocycles. The lowest BCUT2D eigenvalue weighted by atomic mass is 10.2. The number of anilines is 1. The molecule has 172 valence electrons. The van der Waals surface area contributed by atoms with Crippen molar-refractivity contribution in [2.24, 2.45) is 0 Å². The maximum Gasteiger partial charge on any atom is 0.271 e. The Hall–Kier alpha value is -3.50. The van der Waals surface area contributed by atoms with E-state index < -0.39 is 0 Å². The van der Waals surface area contributed by atoms with Crippen molar-refractivity contribution < 1.29 is 13.9 Å². The number of morpholine rings is 1. The van der Waals surface area contributed by atoms with Crippen LogP contribution in [0.2, 0.25) is 0 Å². The van der Waals surface area contributed by atoms with E-state index in [0.717, 1.165) is 42.8 Å². The molecule has 33 heavy (non-hydrogen) atoms. The number of imidazole rings is 1. The third kappa shape index (κ3) is 4.39. The standard InChI is InChI=1S/C23H27N7O3/c1-28(2)9-3-7-25-23(31)17-4-5-21-26-15-18(30(21)27-17)20-14-16-19(33-20)6-8-24-22(16)29-10-12-32-13-11-29/h4-6,8,14-15H,3,7,9-13H2,1-2H3,(H,25,31). The monoisotopic (exact) mass is 449 g/mol. The normalized spacial score (nSPS) is 14.5. The Morgan fingerprint density at radius 3 is 2.85 bits per heavy atom. The summed E-state index contributed by atoms with van der Waals surface area (Å²) in [7, 11) is 4.02. The summed E-state index contributed by atoms with van der Waals surface area (Å²) in [5, 5.41) is 8.39. The second kappa shape index (κ2) is 9.16.